The van der Waals surface area contributed by atoms with E-state index in [-0.39, 0.29) is 29.9 Å². The van der Waals surface area contributed by atoms with Gasteiger partial charge in [0.1, 0.15) is 0 Å². The topological polar surface area (TPSA) is 83.3 Å². The zero-order valence-corrected chi connectivity index (χ0v) is 19.9. The van der Waals surface area contributed by atoms with Crippen LogP contribution in [0.25, 0.3) is 0 Å². The number of carbonyl (C=O) groups excluding carboxylic acids is 1. The number of guanidine groups is 1. The van der Waals surface area contributed by atoms with Gasteiger partial charge in [-0.1, -0.05) is 18.2 Å². The van der Waals surface area contributed by atoms with Crippen molar-refractivity contribution in [1.29, 1.82) is 0 Å². The maximum atomic E-state index is 12.0. The van der Waals surface area contributed by atoms with Gasteiger partial charge < -0.3 is 16.0 Å². The summed E-state index contributed by atoms with van der Waals surface area (Å²) in [5.41, 5.74) is 2.92. The van der Waals surface area contributed by atoms with Crippen molar-refractivity contribution in [2.24, 2.45) is 4.99 Å². The van der Waals surface area contributed by atoms with Crippen LogP contribution in [0, 0.1) is 13.8 Å². The molecule has 3 N–H and O–H groups in total. The molecule has 1 amide bonds. The Balaban J connectivity index is 0.00000420. The molecular weight excluding hydrogens is 479 g/mol. The number of nitrogens with one attached hydrogen (secondary N) is 3. The summed E-state index contributed by atoms with van der Waals surface area (Å²) in [5, 5.41) is 14.0. The van der Waals surface area contributed by atoms with E-state index in [0.717, 1.165) is 50.7 Å². The lowest BCUT2D eigenvalue weighted by atomic mass is 10.2. The Hall–Kier alpha value is -2.10. The van der Waals surface area contributed by atoms with Gasteiger partial charge in [-0.3, -0.25) is 14.5 Å². The zero-order valence-electron chi connectivity index (χ0n) is 17.6. The minimum atomic E-state index is -0.0367. The van der Waals surface area contributed by atoms with Crippen LogP contribution in [0.5, 0.6) is 0 Å². The molecule has 2 aromatic rings. The summed E-state index contributed by atoms with van der Waals surface area (Å²) in [4.78, 5) is 16.6. The molecule has 0 saturated carbocycles. The fraction of sp³-hybridized carbons (Fsp3) is 0.476. The van der Waals surface area contributed by atoms with Crippen LogP contribution < -0.4 is 16.0 Å². The molecule has 0 spiro atoms. The average molecular weight is 512 g/mol. The van der Waals surface area contributed by atoms with E-state index in [4.69, 9.17) is 0 Å². The third kappa shape index (κ3) is 9.29. The summed E-state index contributed by atoms with van der Waals surface area (Å²) in [5.74, 6) is 0.774. The van der Waals surface area contributed by atoms with E-state index in [9.17, 15) is 4.79 Å². The fourth-order valence-corrected chi connectivity index (χ4v) is 2.84. The first kappa shape index (κ1) is 24.9. The first-order valence-electron chi connectivity index (χ1n) is 9.96. The first-order valence-corrected chi connectivity index (χ1v) is 9.96. The fourth-order valence-electron chi connectivity index (χ4n) is 2.84. The normalized spacial score (nSPS) is 10.9. The number of hydrogen-bond donors (Lipinski definition) is 3. The predicted octanol–water partition coefficient (Wildman–Crippen LogP) is 2.88. The smallest absolute Gasteiger partial charge is 0.251 e. The number of aromatic nitrogens is 2. The molecular formula is C21H33IN6O. The SMILES string of the molecule is CCNC(=NCCCn1nc(C)cc1C)NCCCNC(=O)c1ccccc1.I. The number of rotatable bonds is 10. The molecule has 0 bridgehead atoms. The second kappa shape index (κ2) is 14.0. The van der Waals surface area contributed by atoms with Crippen LogP contribution in [0.15, 0.2) is 41.4 Å². The molecule has 0 aliphatic carbocycles. The highest BCUT2D eigenvalue weighted by Crippen LogP contribution is 2.02. The van der Waals surface area contributed by atoms with Gasteiger partial charge in [-0.05, 0) is 51.8 Å². The van der Waals surface area contributed by atoms with Crippen LogP contribution in [0.2, 0.25) is 0 Å². The Morgan fingerprint density at radius 2 is 1.79 bits per heavy atom. The molecule has 8 heteroatoms. The molecule has 29 heavy (non-hydrogen) atoms. The summed E-state index contributed by atoms with van der Waals surface area (Å²) in [6.07, 6.45) is 1.76. The molecule has 0 fully saturated rings. The highest BCUT2D eigenvalue weighted by molar-refractivity contribution is 14.0. The minimum Gasteiger partial charge on any atom is -0.357 e. The van der Waals surface area contributed by atoms with Gasteiger partial charge in [-0.2, -0.15) is 5.10 Å². The molecule has 1 aromatic heterocycles. The molecule has 160 valence electrons. The summed E-state index contributed by atoms with van der Waals surface area (Å²) >= 11 is 0. The van der Waals surface area contributed by atoms with Crippen molar-refractivity contribution in [1.82, 2.24) is 25.7 Å². The van der Waals surface area contributed by atoms with Gasteiger partial charge in [0.15, 0.2) is 5.96 Å². The molecule has 1 heterocycles. The van der Waals surface area contributed by atoms with Crippen molar-refractivity contribution in [2.45, 2.75) is 40.2 Å². The van der Waals surface area contributed by atoms with Gasteiger partial charge in [0.25, 0.3) is 5.91 Å². The lowest BCUT2D eigenvalue weighted by Gasteiger charge is -2.12. The van der Waals surface area contributed by atoms with Crippen molar-refractivity contribution >= 4 is 35.8 Å². The Bertz CT molecular complexity index is 760. The summed E-state index contributed by atoms with van der Waals surface area (Å²) in [6, 6.07) is 11.4. The molecule has 0 saturated heterocycles. The predicted molar refractivity (Wildman–Crippen MR) is 129 cm³/mol. The van der Waals surface area contributed by atoms with E-state index in [1.807, 2.05) is 48.9 Å². The molecule has 0 aliphatic rings. The molecule has 2 rings (SSSR count). The lowest BCUT2D eigenvalue weighted by Crippen LogP contribution is -2.39. The van der Waals surface area contributed by atoms with Crippen molar-refractivity contribution in [3.8, 4) is 0 Å². The number of hydrogen-bond acceptors (Lipinski definition) is 3. The highest BCUT2D eigenvalue weighted by atomic mass is 127. The summed E-state index contributed by atoms with van der Waals surface area (Å²) in [6.45, 7) is 9.92. The van der Waals surface area contributed by atoms with Crippen LogP contribution in [0.1, 0.15) is 41.5 Å². The van der Waals surface area contributed by atoms with E-state index >= 15 is 0 Å². The van der Waals surface area contributed by atoms with Gasteiger partial charge in [0, 0.05) is 44.0 Å². The standard InChI is InChI=1S/C21H32N6O.HI/c1-4-22-21(25-14-9-15-27-18(3)16-17(2)26-27)24-13-8-12-23-20(28)19-10-6-5-7-11-19;/h5-7,10-11,16H,4,8-9,12-15H2,1-3H3,(H,23,28)(H2,22,24,25);1H. The molecule has 7 nitrogen and oxygen atoms in total. The van der Waals surface area contributed by atoms with E-state index in [1.165, 1.54) is 5.69 Å². The minimum absolute atomic E-state index is 0. The average Bonchev–Trinajstić information content (AvgIpc) is 3.02. The van der Waals surface area contributed by atoms with E-state index in [0.29, 0.717) is 12.1 Å². The maximum Gasteiger partial charge on any atom is 0.251 e. The van der Waals surface area contributed by atoms with Gasteiger partial charge >= 0.3 is 0 Å². The van der Waals surface area contributed by atoms with Gasteiger partial charge in [0.05, 0.1) is 5.69 Å². The van der Waals surface area contributed by atoms with Crippen molar-refractivity contribution in [2.75, 3.05) is 26.2 Å². The van der Waals surface area contributed by atoms with E-state index in [2.05, 4.69) is 39.0 Å². The summed E-state index contributed by atoms with van der Waals surface area (Å²) in [7, 11) is 0. The van der Waals surface area contributed by atoms with Crippen LogP contribution in [-0.2, 0) is 6.54 Å². The third-order valence-corrected chi connectivity index (χ3v) is 4.21. The molecule has 0 atom stereocenters. The third-order valence-electron chi connectivity index (χ3n) is 4.21. The van der Waals surface area contributed by atoms with Crippen molar-refractivity contribution < 1.29 is 4.79 Å². The Labute approximate surface area is 190 Å². The molecule has 0 unspecified atom stereocenters. The number of aliphatic imine (C=N–C) groups is 1. The number of aryl methyl sites for hydroxylation is 3. The second-order valence-electron chi connectivity index (χ2n) is 6.67. The molecule has 1 aromatic carbocycles. The number of amides is 1. The zero-order chi connectivity index (χ0) is 20.2. The summed E-state index contributed by atoms with van der Waals surface area (Å²) < 4.78 is 2.03. The second-order valence-corrected chi connectivity index (χ2v) is 6.67. The van der Waals surface area contributed by atoms with E-state index < -0.39 is 0 Å². The largest absolute Gasteiger partial charge is 0.357 e. The number of halogens is 1. The van der Waals surface area contributed by atoms with Gasteiger partial charge in [-0.15, -0.1) is 24.0 Å². The highest BCUT2D eigenvalue weighted by Gasteiger charge is 2.03. The van der Waals surface area contributed by atoms with Crippen LogP contribution >= 0.6 is 24.0 Å². The number of benzene rings is 1. The lowest BCUT2D eigenvalue weighted by molar-refractivity contribution is 0.0953. The number of carbonyl (C=O) groups is 1. The number of nitrogens with zero attached hydrogens (tertiary/aromatic N) is 3. The van der Waals surface area contributed by atoms with Gasteiger partial charge in [-0.25, -0.2) is 0 Å². The monoisotopic (exact) mass is 512 g/mol. The quantitative estimate of drug-likeness (QED) is 0.198. The van der Waals surface area contributed by atoms with Crippen molar-refractivity contribution in [3.63, 3.8) is 0 Å². The van der Waals surface area contributed by atoms with Crippen LogP contribution in [-0.4, -0.2) is 47.8 Å². The maximum absolute atomic E-state index is 12.0. The van der Waals surface area contributed by atoms with Crippen molar-refractivity contribution in [3.05, 3.63) is 53.3 Å². The first-order chi connectivity index (χ1) is 13.6. The molecule has 0 radical (unpaired) electrons. The van der Waals surface area contributed by atoms with Crippen LogP contribution in [0.3, 0.4) is 0 Å². The Morgan fingerprint density at radius 1 is 1.07 bits per heavy atom. The Kier molecular flexibility index (Phi) is 12.0. The van der Waals surface area contributed by atoms with E-state index in [1.54, 1.807) is 0 Å². The van der Waals surface area contributed by atoms with Crippen LogP contribution in [0.4, 0.5) is 0 Å². The molecule has 0 aliphatic heterocycles. The van der Waals surface area contributed by atoms with Gasteiger partial charge in [0.2, 0.25) is 0 Å². The Morgan fingerprint density at radius 3 is 2.45 bits per heavy atom.